The van der Waals surface area contributed by atoms with Gasteiger partial charge in [0, 0.05) is 0 Å². The second-order valence-electron chi connectivity index (χ2n) is 9.26. The first kappa shape index (κ1) is 22.7. The minimum Gasteiger partial charge on any atom is -0.269 e. The molecule has 166 valence electrons. The summed E-state index contributed by atoms with van der Waals surface area (Å²) in [5, 5.41) is 5.52. The molecule has 0 aliphatic carbocycles. The number of aryl methyl sites for hydroxylation is 4. The van der Waals surface area contributed by atoms with Gasteiger partial charge in [0.1, 0.15) is 0 Å². The van der Waals surface area contributed by atoms with Crippen LogP contribution in [-0.4, -0.2) is 0 Å². The van der Waals surface area contributed by atoms with Crippen LogP contribution < -0.4 is 0 Å². The van der Waals surface area contributed by atoms with Crippen LogP contribution in [0.25, 0.3) is 21.5 Å². The number of hydrogen-bond acceptors (Lipinski definition) is 0. The van der Waals surface area contributed by atoms with Gasteiger partial charge in [-0.25, -0.2) is 0 Å². The Balaban J connectivity index is 0.00000259. The molecule has 0 heterocycles. The van der Waals surface area contributed by atoms with E-state index in [0.29, 0.717) is 0 Å². The molecule has 0 aliphatic rings. The Morgan fingerprint density at radius 1 is 0.455 bits per heavy atom. The minimum atomic E-state index is 0. The predicted molar refractivity (Wildman–Crippen MR) is 141 cm³/mol. The summed E-state index contributed by atoms with van der Waals surface area (Å²) < 4.78 is 0. The Hall–Kier alpha value is -3.45. The van der Waals surface area contributed by atoms with Crippen molar-refractivity contribution in [3.8, 4) is 0 Å². The molecule has 0 radical (unpaired) electrons. The molecule has 33 heavy (non-hydrogen) atoms. The summed E-state index contributed by atoms with van der Waals surface area (Å²) in [7, 11) is 0. The average molecular weight is 435 g/mol. The average Bonchev–Trinajstić information content (AvgIpc) is 2.78. The Morgan fingerprint density at radius 3 is 1.09 bits per heavy atom. The lowest BCUT2D eigenvalue weighted by molar-refractivity contribution is 1.11. The van der Waals surface area contributed by atoms with E-state index in [9.17, 15) is 0 Å². The van der Waals surface area contributed by atoms with E-state index in [-0.39, 0.29) is 4.70 Å². The van der Waals surface area contributed by atoms with Crippen LogP contribution in [0.5, 0.6) is 0 Å². The molecule has 0 fully saturated rings. The van der Waals surface area contributed by atoms with Crippen LogP contribution in [0.1, 0.15) is 44.5 Å². The van der Waals surface area contributed by atoms with Crippen LogP contribution in [0, 0.1) is 27.7 Å². The Kier molecular flexibility index (Phi) is 6.33. The van der Waals surface area contributed by atoms with Gasteiger partial charge in [-0.05, 0) is 95.5 Å². The molecule has 0 N–H and O–H groups in total. The third-order valence-electron chi connectivity index (χ3n) is 6.89. The highest BCUT2D eigenvalue weighted by molar-refractivity contribution is 6.06. The van der Waals surface area contributed by atoms with E-state index in [2.05, 4.69) is 113 Å². The highest BCUT2D eigenvalue weighted by Gasteiger charge is 2.15. The van der Waals surface area contributed by atoms with Crippen molar-refractivity contribution in [2.75, 3.05) is 0 Å². The zero-order valence-corrected chi connectivity index (χ0v) is 19.9. The molecule has 5 aromatic rings. The fourth-order valence-corrected chi connectivity index (χ4v) is 5.16. The molecule has 0 amide bonds. The standard InChI is InChI=1S/C32H30.FH/c1-21-13-15-25(23(3)17-21)19-31-27-9-5-7-11-29(27)32(30-12-8-6-10-28(30)31)20-26-16-14-22(2)18-24(26)4;/h5-18H,19-20H2,1-4H3;1H. The van der Waals surface area contributed by atoms with Crippen LogP contribution >= 0.6 is 0 Å². The van der Waals surface area contributed by atoms with Crippen LogP contribution in [0.3, 0.4) is 0 Å². The summed E-state index contributed by atoms with van der Waals surface area (Å²) in [4.78, 5) is 0. The molecule has 0 saturated carbocycles. The van der Waals surface area contributed by atoms with Crippen molar-refractivity contribution in [2.24, 2.45) is 0 Å². The summed E-state index contributed by atoms with van der Waals surface area (Å²) in [6, 6.07) is 31.7. The normalized spacial score (nSPS) is 11.0. The Bertz CT molecular complexity index is 1290. The molecule has 0 aromatic heterocycles. The van der Waals surface area contributed by atoms with Crippen LogP contribution in [-0.2, 0) is 12.8 Å². The topological polar surface area (TPSA) is 0 Å². The second-order valence-corrected chi connectivity index (χ2v) is 9.26. The van der Waals surface area contributed by atoms with Gasteiger partial charge in [-0.2, -0.15) is 0 Å². The van der Waals surface area contributed by atoms with Gasteiger partial charge in [-0.3, -0.25) is 4.70 Å². The quantitative estimate of drug-likeness (QED) is 0.249. The van der Waals surface area contributed by atoms with Gasteiger partial charge in [0.25, 0.3) is 0 Å². The minimum absolute atomic E-state index is 0. The van der Waals surface area contributed by atoms with E-state index in [4.69, 9.17) is 0 Å². The molecular formula is C32H31F. The van der Waals surface area contributed by atoms with Gasteiger partial charge in [0.15, 0.2) is 0 Å². The summed E-state index contributed by atoms with van der Waals surface area (Å²) >= 11 is 0. The SMILES string of the molecule is Cc1ccc(Cc2c3ccccc3c(Cc3ccc(C)cc3C)c3ccccc23)c(C)c1.F. The molecule has 0 nitrogen and oxygen atoms in total. The van der Waals surface area contributed by atoms with Crippen LogP contribution in [0.15, 0.2) is 84.9 Å². The first-order valence-electron chi connectivity index (χ1n) is 11.5. The van der Waals surface area contributed by atoms with E-state index < -0.39 is 0 Å². The van der Waals surface area contributed by atoms with Crippen molar-refractivity contribution >= 4 is 21.5 Å². The van der Waals surface area contributed by atoms with Crippen molar-refractivity contribution in [1.29, 1.82) is 0 Å². The Morgan fingerprint density at radius 2 is 0.788 bits per heavy atom. The van der Waals surface area contributed by atoms with Gasteiger partial charge in [0.2, 0.25) is 0 Å². The Labute approximate surface area is 196 Å². The lowest BCUT2D eigenvalue weighted by Crippen LogP contribution is -2.00. The fourth-order valence-electron chi connectivity index (χ4n) is 5.16. The molecule has 5 aromatic carbocycles. The molecule has 0 atom stereocenters. The summed E-state index contributed by atoms with van der Waals surface area (Å²) in [5.41, 5.74) is 11.1. The number of benzene rings is 5. The third kappa shape index (κ3) is 4.28. The molecule has 5 rings (SSSR count). The van der Waals surface area contributed by atoms with E-state index in [0.717, 1.165) is 12.8 Å². The summed E-state index contributed by atoms with van der Waals surface area (Å²) in [6.45, 7) is 8.81. The van der Waals surface area contributed by atoms with Crippen molar-refractivity contribution in [3.05, 3.63) is 129 Å². The maximum Gasteiger partial charge on any atom is -0.00108 e. The second kappa shape index (κ2) is 9.19. The first-order chi connectivity index (χ1) is 15.5. The summed E-state index contributed by atoms with van der Waals surface area (Å²) in [6.07, 6.45) is 1.91. The van der Waals surface area contributed by atoms with E-state index in [1.807, 2.05) is 0 Å². The molecule has 0 unspecified atom stereocenters. The van der Waals surface area contributed by atoms with Crippen LogP contribution in [0.4, 0.5) is 4.70 Å². The smallest absolute Gasteiger partial charge is 0.00108 e. The van der Waals surface area contributed by atoms with Crippen molar-refractivity contribution < 1.29 is 4.70 Å². The zero-order valence-electron chi connectivity index (χ0n) is 19.9. The predicted octanol–water partition coefficient (Wildman–Crippen LogP) is 8.56. The monoisotopic (exact) mass is 434 g/mol. The van der Waals surface area contributed by atoms with Crippen molar-refractivity contribution in [1.82, 2.24) is 0 Å². The maximum atomic E-state index is 2.31. The molecular weight excluding hydrogens is 403 g/mol. The van der Waals surface area contributed by atoms with Gasteiger partial charge in [0.05, 0.1) is 0 Å². The van der Waals surface area contributed by atoms with E-state index in [1.165, 1.54) is 66.1 Å². The molecule has 0 bridgehead atoms. The van der Waals surface area contributed by atoms with Gasteiger partial charge in [-0.1, -0.05) is 96.1 Å². The largest absolute Gasteiger partial charge is 0.269 e. The number of fused-ring (bicyclic) bond motifs is 2. The van der Waals surface area contributed by atoms with Crippen molar-refractivity contribution in [2.45, 2.75) is 40.5 Å². The van der Waals surface area contributed by atoms with Crippen molar-refractivity contribution in [3.63, 3.8) is 0 Å². The highest BCUT2D eigenvalue weighted by Crippen LogP contribution is 2.36. The molecule has 0 saturated heterocycles. The highest BCUT2D eigenvalue weighted by atomic mass is 19.0. The first-order valence-corrected chi connectivity index (χ1v) is 11.5. The van der Waals surface area contributed by atoms with Gasteiger partial charge in [-0.15, -0.1) is 0 Å². The summed E-state index contributed by atoms with van der Waals surface area (Å²) in [5.74, 6) is 0. The van der Waals surface area contributed by atoms with E-state index in [1.54, 1.807) is 0 Å². The van der Waals surface area contributed by atoms with Gasteiger partial charge < -0.3 is 0 Å². The number of halogens is 1. The zero-order chi connectivity index (χ0) is 22.2. The molecule has 0 spiro atoms. The number of rotatable bonds is 4. The maximum absolute atomic E-state index is 2.31. The van der Waals surface area contributed by atoms with Gasteiger partial charge >= 0.3 is 0 Å². The van der Waals surface area contributed by atoms with E-state index >= 15 is 0 Å². The molecule has 1 heteroatoms. The lowest BCUT2D eigenvalue weighted by Gasteiger charge is -2.19. The number of hydrogen-bond donors (Lipinski definition) is 0. The third-order valence-corrected chi connectivity index (χ3v) is 6.89. The molecule has 0 aliphatic heterocycles. The van der Waals surface area contributed by atoms with Crippen LogP contribution in [0.2, 0.25) is 0 Å². The fraction of sp³-hybridized carbons (Fsp3) is 0.188. The lowest BCUT2D eigenvalue weighted by atomic mass is 9.85.